The van der Waals surface area contributed by atoms with Gasteiger partial charge in [-0.25, -0.2) is 9.97 Å². The first kappa shape index (κ1) is 19.5. The quantitative estimate of drug-likeness (QED) is 0.783. The molecule has 1 saturated carbocycles. The molecule has 4 rings (SSSR count). The number of fused-ring (bicyclic) bond motifs is 1. The third kappa shape index (κ3) is 3.74. The normalized spacial score (nSPS) is 16.6. The van der Waals surface area contributed by atoms with Gasteiger partial charge in [0.1, 0.15) is 5.82 Å². The van der Waals surface area contributed by atoms with Crippen molar-refractivity contribution in [2.75, 3.05) is 10.6 Å². The molecule has 1 fully saturated rings. The van der Waals surface area contributed by atoms with Gasteiger partial charge in [-0.1, -0.05) is 11.3 Å². The number of amides is 3. The van der Waals surface area contributed by atoms with Gasteiger partial charge in [-0.05, 0) is 44.2 Å². The molecule has 29 heavy (non-hydrogen) atoms. The number of pyridine rings is 1. The van der Waals surface area contributed by atoms with Crippen LogP contribution in [-0.4, -0.2) is 38.6 Å². The highest BCUT2D eigenvalue weighted by Crippen LogP contribution is 2.41. The molecule has 1 atom stereocenters. The van der Waals surface area contributed by atoms with E-state index in [9.17, 15) is 14.4 Å². The SMILES string of the molecule is CC(=O)Nc1nc(C)c(-c2cc3c(c(NC(C)=O)n2)C(=O)N(C(C)C2CC2)C3)s1. The van der Waals surface area contributed by atoms with Gasteiger partial charge in [0.05, 0.1) is 21.8 Å². The number of rotatable bonds is 5. The largest absolute Gasteiger partial charge is 0.331 e. The van der Waals surface area contributed by atoms with Crippen molar-refractivity contribution in [3.63, 3.8) is 0 Å². The van der Waals surface area contributed by atoms with Gasteiger partial charge in [0.15, 0.2) is 5.13 Å². The van der Waals surface area contributed by atoms with Gasteiger partial charge in [0.25, 0.3) is 5.91 Å². The summed E-state index contributed by atoms with van der Waals surface area (Å²) in [5.41, 5.74) is 2.69. The van der Waals surface area contributed by atoms with Gasteiger partial charge in [-0.3, -0.25) is 14.4 Å². The van der Waals surface area contributed by atoms with Crippen LogP contribution in [0.3, 0.4) is 0 Å². The summed E-state index contributed by atoms with van der Waals surface area (Å²) in [7, 11) is 0. The number of hydrogen-bond donors (Lipinski definition) is 2. The maximum atomic E-state index is 13.1. The Bertz CT molecular complexity index is 1030. The van der Waals surface area contributed by atoms with Crippen LogP contribution in [0.25, 0.3) is 10.6 Å². The number of hydrogen-bond acceptors (Lipinski definition) is 6. The van der Waals surface area contributed by atoms with Crippen LogP contribution in [0.2, 0.25) is 0 Å². The second-order valence-electron chi connectivity index (χ2n) is 7.70. The van der Waals surface area contributed by atoms with Gasteiger partial charge >= 0.3 is 0 Å². The topological polar surface area (TPSA) is 104 Å². The summed E-state index contributed by atoms with van der Waals surface area (Å²) in [5.74, 6) is 0.283. The number of carbonyl (C=O) groups is 3. The first-order valence-electron chi connectivity index (χ1n) is 9.62. The first-order valence-corrected chi connectivity index (χ1v) is 10.4. The number of anilines is 2. The van der Waals surface area contributed by atoms with Crippen LogP contribution >= 0.6 is 11.3 Å². The van der Waals surface area contributed by atoms with Crippen molar-refractivity contribution in [2.45, 2.75) is 53.1 Å². The fourth-order valence-electron chi connectivity index (χ4n) is 3.73. The summed E-state index contributed by atoms with van der Waals surface area (Å²) in [6.07, 6.45) is 2.30. The molecule has 1 aliphatic carbocycles. The Balaban J connectivity index is 1.76. The maximum Gasteiger partial charge on any atom is 0.258 e. The molecule has 0 spiro atoms. The highest BCUT2D eigenvalue weighted by molar-refractivity contribution is 7.19. The molecule has 2 aromatic rings. The van der Waals surface area contributed by atoms with Gasteiger partial charge in [-0.2, -0.15) is 0 Å². The summed E-state index contributed by atoms with van der Waals surface area (Å²) >= 11 is 1.32. The summed E-state index contributed by atoms with van der Waals surface area (Å²) in [5, 5.41) is 5.91. The molecule has 3 heterocycles. The van der Waals surface area contributed by atoms with E-state index in [4.69, 9.17) is 0 Å². The number of nitrogens with one attached hydrogen (secondary N) is 2. The number of nitrogens with zero attached hydrogens (tertiary/aromatic N) is 3. The van der Waals surface area contributed by atoms with Crippen molar-refractivity contribution < 1.29 is 14.4 Å². The van der Waals surface area contributed by atoms with E-state index in [-0.39, 0.29) is 29.6 Å². The van der Waals surface area contributed by atoms with Crippen molar-refractivity contribution in [3.8, 4) is 10.6 Å². The van der Waals surface area contributed by atoms with Crippen LogP contribution in [0, 0.1) is 12.8 Å². The third-order valence-electron chi connectivity index (χ3n) is 5.32. The molecule has 0 saturated heterocycles. The van der Waals surface area contributed by atoms with E-state index in [0.717, 1.165) is 29.0 Å². The summed E-state index contributed by atoms with van der Waals surface area (Å²) in [4.78, 5) is 47.8. The molecule has 2 aliphatic rings. The molecule has 3 amide bonds. The monoisotopic (exact) mass is 413 g/mol. The second-order valence-corrected chi connectivity index (χ2v) is 8.70. The number of carbonyl (C=O) groups excluding carboxylic acids is 3. The predicted octanol–water partition coefficient (Wildman–Crippen LogP) is 3.18. The Morgan fingerprint density at radius 1 is 1.21 bits per heavy atom. The van der Waals surface area contributed by atoms with Crippen molar-refractivity contribution in [1.82, 2.24) is 14.9 Å². The molecule has 0 aromatic carbocycles. The molecule has 0 bridgehead atoms. The van der Waals surface area contributed by atoms with Crippen molar-refractivity contribution in [3.05, 3.63) is 22.9 Å². The van der Waals surface area contributed by atoms with E-state index in [1.54, 1.807) is 0 Å². The molecule has 152 valence electrons. The molecule has 2 aromatic heterocycles. The Morgan fingerprint density at radius 3 is 2.52 bits per heavy atom. The lowest BCUT2D eigenvalue weighted by Crippen LogP contribution is -2.35. The molecule has 2 N–H and O–H groups in total. The van der Waals surface area contributed by atoms with E-state index < -0.39 is 0 Å². The van der Waals surface area contributed by atoms with Gasteiger partial charge in [-0.15, -0.1) is 0 Å². The zero-order valence-corrected chi connectivity index (χ0v) is 17.6. The molecule has 1 aliphatic heterocycles. The van der Waals surface area contributed by atoms with Crippen LogP contribution in [0.4, 0.5) is 10.9 Å². The fraction of sp³-hybridized carbons (Fsp3) is 0.450. The second kappa shape index (κ2) is 7.22. The average Bonchev–Trinajstić information content (AvgIpc) is 3.33. The van der Waals surface area contributed by atoms with E-state index >= 15 is 0 Å². The minimum absolute atomic E-state index is 0.0813. The molecular weight excluding hydrogens is 390 g/mol. The number of aromatic nitrogens is 2. The maximum absolute atomic E-state index is 13.1. The van der Waals surface area contributed by atoms with E-state index in [1.165, 1.54) is 25.2 Å². The standard InChI is InChI=1S/C20H23N5O3S/c1-9-17(29-20(21-9)23-12(4)27)15-7-14-8-25(10(2)13-5-6-13)19(28)16(14)18(24-15)22-11(3)26/h7,10,13H,5-6,8H2,1-4H3,(H,21,23,27)(H,22,24,26). The van der Waals surface area contributed by atoms with Crippen LogP contribution in [0.5, 0.6) is 0 Å². The van der Waals surface area contributed by atoms with Gasteiger partial charge in [0.2, 0.25) is 11.8 Å². The van der Waals surface area contributed by atoms with Gasteiger partial charge in [0, 0.05) is 26.4 Å². The molecule has 1 unspecified atom stereocenters. The highest BCUT2D eigenvalue weighted by Gasteiger charge is 2.40. The zero-order valence-electron chi connectivity index (χ0n) is 16.8. The Morgan fingerprint density at radius 2 is 1.90 bits per heavy atom. The Kier molecular flexibility index (Phi) is 4.85. The lowest BCUT2D eigenvalue weighted by Gasteiger charge is -2.24. The Hall–Kier alpha value is -2.81. The highest BCUT2D eigenvalue weighted by atomic mass is 32.1. The smallest absolute Gasteiger partial charge is 0.258 e. The van der Waals surface area contributed by atoms with E-state index in [0.29, 0.717) is 28.9 Å². The molecule has 8 nitrogen and oxygen atoms in total. The lowest BCUT2D eigenvalue weighted by molar-refractivity contribution is -0.115. The molecule has 9 heteroatoms. The minimum Gasteiger partial charge on any atom is -0.331 e. The van der Waals surface area contributed by atoms with E-state index in [2.05, 4.69) is 27.5 Å². The predicted molar refractivity (Wildman–Crippen MR) is 111 cm³/mol. The number of thiazole rings is 1. The van der Waals surface area contributed by atoms with Crippen molar-refractivity contribution in [2.24, 2.45) is 5.92 Å². The number of aryl methyl sites for hydroxylation is 1. The minimum atomic E-state index is -0.279. The van der Waals surface area contributed by atoms with Crippen LogP contribution in [0.15, 0.2) is 6.07 Å². The lowest BCUT2D eigenvalue weighted by atomic mass is 10.1. The van der Waals surface area contributed by atoms with E-state index in [1.807, 2.05) is 17.9 Å². The summed E-state index contributed by atoms with van der Waals surface area (Å²) in [6.45, 7) is 7.26. The molecule has 0 radical (unpaired) electrons. The average molecular weight is 414 g/mol. The first-order chi connectivity index (χ1) is 13.7. The summed E-state index contributed by atoms with van der Waals surface area (Å²) in [6, 6.07) is 2.07. The van der Waals surface area contributed by atoms with Crippen molar-refractivity contribution >= 4 is 40.0 Å². The fourth-order valence-corrected chi connectivity index (χ4v) is 4.71. The van der Waals surface area contributed by atoms with Gasteiger partial charge < -0.3 is 15.5 Å². The third-order valence-corrected chi connectivity index (χ3v) is 6.41. The van der Waals surface area contributed by atoms with Crippen molar-refractivity contribution in [1.29, 1.82) is 0 Å². The van der Waals surface area contributed by atoms with Crippen LogP contribution < -0.4 is 10.6 Å². The zero-order chi connectivity index (χ0) is 20.9. The molecular formula is C20H23N5O3S. The Labute approximate surface area is 172 Å². The van der Waals surface area contributed by atoms with Crippen LogP contribution in [0.1, 0.15) is 55.2 Å². The summed E-state index contributed by atoms with van der Waals surface area (Å²) < 4.78 is 0. The van der Waals surface area contributed by atoms with Crippen LogP contribution in [-0.2, 0) is 16.1 Å².